The lowest BCUT2D eigenvalue weighted by Crippen LogP contribution is -2.51. The van der Waals surface area contributed by atoms with Crippen LogP contribution in [0.4, 0.5) is 0 Å². The number of amides is 1. The average Bonchev–Trinajstić information content (AvgIpc) is 3.58. The molecule has 0 fully saturated rings. The minimum absolute atomic E-state index is 0.0564. The summed E-state index contributed by atoms with van der Waals surface area (Å²) < 4.78 is 1.06. The maximum atomic E-state index is 12.7. The van der Waals surface area contributed by atoms with Crippen LogP contribution in [0.3, 0.4) is 0 Å². The average molecular weight is 661 g/mol. The molecule has 1 amide bonds. The smallest absolute Gasteiger partial charge is 0.237 e. The van der Waals surface area contributed by atoms with Crippen molar-refractivity contribution in [1.82, 2.24) is 15.3 Å². The van der Waals surface area contributed by atoms with E-state index in [2.05, 4.69) is 36.2 Å². The summed E-state index contributed by atoms with van der Waals surface area (Å²) in [4.78, 5) is 19.8. The summed E-state index contributed by atoms with van der Waals surface area (Å²) in [7, 11) is 2.42. The van der Waals surface area contributed by atoms with Crippen LogP contribution >= 0.6 is 0 Å². The van der Waals surface area contributed by atoms with E-state index < -0.39 is 6.04 Å². The first-order valence-electron chi connectivity index (χ1n) is 20.8. The standard InChI is InChI=1S/C41H81N5O/c1-4-6-8-10-12-14-16-18-20-22-24-26-28-30-33-46(3,35-32-44-41(47)40(42)36-39-37-43-38-45-39)34-31-29-27-25-23-21-19-17-15-13-11-9-7-5-2/h37-38,40H,4-36,42H2,1-3H3,(H-,43,44,45,47)/p+1. The monoisotopic (exact) mass is 661 g/mol. The van der Waals surface area contributed by atoms with E-state index in [4.69, 9.17) is 5.73 Å². The van der Waals surface area contributed by atoms with Gasteiger partial charge in [-0.2, -0.15) is 0 Å². The maximum Gasteiger partial charge on any atom is 0.237 e. The molecular weight excluding hydrogens is 578 g/mol. The predicted molar refractivity (Wildman–Crippen MR) is 205 cm³/mol. The lowest BCUT2D eigenvalue weighted by atomic mass is 10.0. The molecule has 0 saturated heterocycles. The number of carbonyl (C=O) groups is 1. The van der Waals surface area contributed by atoms with Gasteiger partial charge in [-0.1, -0.05) is 168 Å². The van der Waals surface area contributed by atoms with Gasteiger partial charge >= 0.3 is 0 Å². The number of aromatic nitrogens is 2. The summed E-state index contributed by atoms with van der Waals surface area (Å²) in [5.74, 6) is -0.0564. The molecule has 0 radical (unpaired) electrons. The van der Waals surface area contributed by atoms with Crippen molar-refractivity contribution in [3.63, 3.8) is 0 Å². The molecule has 4 N–H and O–H groups in total. The molecule has 6 nitrogen and oxygen atoms in total. The number of nitrogens with zero attached hydrogens (tertiary/aromatic N) is 2. The largest absolute Gasteiger partial charge is 0.349 e. The Balaban J connectivity index is 2.24. The van der Waals surface area contributed by atoms with E-state index in [1.165, 1.54) is 193 Å². The van der Waals surface area contributed by atoms with Crippen molar-refractivity contribution in [2.45, 2.75) is 206 Å². The van der Waals surface area contributed by atoms with E-state index in [0.29, 0.717) is 13.0 Å². The Bertz CT molecular complexity index is 751. The lowest BCUT2D eigenvalue weighted by Gasteiger charge is -2.35. The fraction of sp³-hybridized carbons (Fsp3) is 0.902. The van der Waals surface area contributed by atoms with Crippen LogP contribution in [0.25, 0.3) is 0 Å². The molecule has 1 aromatic heterocycles. The van der Waals surface area contributed by atoms with Crippen LogP contribution in [-0.2, 0) is 11.2 Å². The van der Waals surface area contributed by atoms with Gasteiger partial charge < -0.3 is 20.5 Å². The normalized spacial score (nSPS) is 12.5. The molecule has 0 bridgehead atoms. The maximum absolute atomic E-state index is 12.7. The zero-order valence-electron chi connectivity index (χ0n) is 31.9. The van der Waals surface area contributed by atoms with Gasteiger partial charge in [-0.3, -0.25) is 4.79 Å². The molecular formula is C41H82N5O+. The van der Waals surface area contributed by atoms with Crippen molar-refractivity contribution in [2.75, 3.05) is 33.2 Å². The van der Waals surface area contributed by atoms with E-state index in [-0.39, 0.29) is 5.91 Å². The number of unbranched alkanes of at least 4 members (excludes halogenated alkanes) is 26. The number of nitrogens with one attached hydrogen (secondary N) is 2. The van der Waals surface area contributed by atoms with Crippen molar-refractivity contribution in [3.8, 4) is 0 Å². The quantitative estimate of drug-likeness (QED) is 0.0495. The highest BCUT2D eigenvalue weighted by Gasteiger charge is 2.22. The second-order valence-electron chi connectivity index (χ2n) is 15.2. The number of quaternary nitrogens is 1. The fourth-order valence-electron chi connectivity index (χ4n) is 7.02. The Hall–Kier alpha value is -1.40. The van der Waals surface area contributed by atoms with Gasteiger partial charge in [-0.15, -0.1) is 0 Å². The molecule has 0 aliphatic carbocycles. The van der Waals surface area contributed by atoms with E-state index >= 15 is 0 Å². The van der Waals surface area contributed by atoms with Crippen molar-refractivity contribution in [1.29, 1.82) is 0 Å². The Morgan fingerprint density at radius 2 is 1.00 bits per heavy atom. The molecule has 1 unspecified atom stereocenters. The molecule has 47 heavy (non-hydrogen) atoms. The summed E-state index contributed by atoms with van der Waals surface area (Å²) in [6.45, 7) is 8.70. The number of H-pyrrole nitrogens is 1. The van der Waals surface area contributed by atoms with E-state index in [0.717, 1.165) is 16.7 Å². The van der Waals surface area contributed by atoms with Crippen molar-refractivity contribution < 1.29 is 9.28 Å². The number of hydrogen-bond donors (Lipinski definition) is 3. The van der Waals surface area contributed by atoms with Gasteiger partial charge in [-0.25, -0.2) is 4.98 Å². The molecule has 0 saturated carbocycles. The minimum atomic E-state index is -0.536. The molecule has 1 rings (SSSR count). The molecule has 0 spiro atoms. The van der Waals surface area contributed by atoms with Crippen molar-refractivity contribution in [2.24, 2.45) is 5.73 Å². The van der Waals surface area contributed by atoms with Crippen LogP contribution in [0.1, 0.15) is 199 Å². The SMILES string of the molecule is CCCCCCCCCCCCCCCC[N+](C)(CCCCCCCCCCCCCCCC)CCNC(=O)C(N)Cc1cnc[nH]1. The first-order valence-corrected chi connectivity index (χ1v) is 20.8. The summed E-state index contributed by atoms with van der Waals surface area (Å²) in [6, 6.07) is -0.536. The summed E-state index contributed by atoms with van der Waals surface area (Å²) in [5.41, 5.74) is 7.09. The van der Waals surface area contributed by atoms with Crippen molar-refractivity contribution >= 4 is 5.91 Å². The number of hydrogen-bond acceptors (Lipinski definition) is 3. The molecule has 6 heteroatoms. The number of likely N-dealkylation sites (N-methyl/N-ethyl adjacent to an activating group) is 1. The van der Waals surface area contributed by atoms with Gasteiger partial charge in [0.15, 0.2) is 0 Å². The number of nitrogens with two attached hydrogens (primary N) is 1. The molecule has 1 atom stereocenters. The van der Waals surface area contributed by atoms with Gasteiger partial charge in [0.05, 0.1) is 45.6 Å². The topological polar surface area (TPSA) is 83.8 Å². The number of aromatic amines is 1. The molecule has 0 aromatic carbocycles. The van der Waals surface area contributed by atoms with E-state index in [9.17, 15) is 4.79 Å². The molecule has 276 valence electrons. The number of imidazole rings is 1. The number of carbonyl (C=O) groups excluding carboxylic acids is 1. The van der Waals surface area contributed by atoms with Crippen LogP contribution in [0, 0.1) is 0 Å². The predicted octanol–water partition coefficient (Wildman–Crippen LogP) is 10.8. The van der Waals surface area contributed by atoms with Crippen LogP contribution in [0.15, 0.2) is 12.5 Å². The number of rotatable bonds is 36. The minimum Gasteiger partial charge on any atom is -0.349 e. The summed E-state index contributed by atoms with van der Waals surface area (Å²) >= 11 is 0. The summed E-state index contributed by atoms with van der Waals surface area (Å²) in [6.07, 6.45) is 43.1. The highest BCUT2D eigenvalue weighted by Crippen LogP contribution is 2.17. The Labute approximate surface area is 293 Å². The van der Waals surface area contributed by atoms with Crippen molar-refractivity contribution in [3.05, 3.63) is 18.2 Å². The summed E-state index contributed by atoms with van der Waals surface area (Å²) in [5, 5.41) is 3.14. The Morgan fingerprint density at radius 1 is 0.638 bits per heavy atom. The van der Waals surface area contributed by atoms with Crippen LogP contribution in [0.5, 0.6) is 0 Å². The van der Waals surface area contributed by atoms with Gasteiger partial charge in [0.25, 0.3) is 0 Å². The van der Waals surface area contributed by atoms with E-state index in [1.807, 2.05) is 0 Å². The van der Waals surface area contributed by atoms with Gasteiger partial charge in [0.2, 0.25) is 5.91 Å². The molecule has 1 aromatic rings. The fourth-order valence-corrected chi connectivity index (χ4v) is 7.02. The molecule has 1 heterocycles. The first-order chi connectivity index (χ1) is 23.0. The molecule has 0 aliphatic rings. The molecule has 0 aliphatic heterocycles. The van der Waals surface area contributed by atoms with Gasteiger partial charge in [0, 0.05) is 18.3 Å². The zero-order valence-corrected chi connectivity index (χ0v) is 31.9. The highest BCUT2D eigenvalue weighted by atomic mass is 16.2. The van der Waals surface area contributed by atoms with Gasteiger partial charge in [-0.05, 0) is 25.7 Å². The van der Waals surface area contributed by atoms with Crippen LogP contribution in [-0.4, -0.2) is 59.6 Å². The zero-order chi connectivity index (χ0) is 34.1. The second-order valence-corrected chi connectivity index (χ2v) is 15.2. The van der Waals surface area contributed by atoms with E-state index in [1.54, 1.807) is 12.5 Å². The first kappa shape index (κ1) is 43.6. The van der Waals surface area contributed by atoms with Crippen LogP contribution in [0.2, 0.25) is 0 Å². The third-order valence-corrected chi connectivity index (χ3v) is 10.4. The third-order valence-electron chi connectivity index (χ3n) is 10.4. The highest BCUT2D eigenvalue weighted by molar-refractivity contribution is 5.81. The van der Waals surface area contributed by atoms with Gasteiger partial charge in [0.1, 0.15) is 0 Å². The third kappa shape index (κ3) is 27.1. The second kappa shape index (κ2) is 31.8. The lowest BCUT2D eigenvalue weighted by molar-refractivity contribution is -0.908. The Morgan fingerprint density at radius 3 is 1.34 bits per heavy atom. The van der Waals surface area contributed by atoms with Crippen LogP contribution < -0.4 is 11.1 Å². The Kier molecular flexibility index (Phi) is 29.6.